The van der Waals surface area contributed by atoms with E-state index in [0.717, 1.165) is 36.7 Å². The van der Waals surface area contributed by atoms with Crippen molar-refractivity contribution in [2.75, 3.05) is 0 Å². The summed E-state index contributed by atoms with van der Waals surface area (Å²) in [5.74, 6) is 2.98. The predicted molar refractivity (Wildman–Crippen MR) is 109 cm³/mol. The Morgan fingerprint density at radius 2 is 1.82 bits per heavy atom. The molecule has 1 aliphatic heterocycles. The molecule has 0 spiro atoms. The Morgan fingerprint density at radius 3 is 2.54 bits per heavy atom. The first-order valence-corrected chi connectivity index (χ1v) is 9.78. The molecule has 5 heteroatoms. The van der Waals surface area contributed by atoms with Crippen molar-refractivity contribution >= 4 is 5.91 Å². The molecular weight excluding hydrogens is 350 g/mol. The van der Waals surface area contributed by atoms with Gasteiger partial charge >= 0.3 is 0 Å². The predicted octanol–water partition coefficient (Wildman–Crippen LogP) is 4.54. The molecule has 1 atom stereocenters. The Hall–Kier alpha value is -3.08. The van der Waals surface area contributed by atoms with Gasteiger partial charge in [0.2, 0.25) is 0 Å². The van der Waals surface area contributed by atoms with Gasteiger partial charge in [-0.1, -0.05) is 30.3 Å². The molecule has 0 unspecified atom stereocenters. The van der Waals surface area contributed by atoms with Crippen molar-refractivity contribution in [2.24, 2.45) is 0 Å². The zero-order chi connectivity index (χ0) is 19.5. The normalized spacial score (nSPS) is 15.9. The zero-order valence-corrected chi connectivity index (χ0v) is 16.3. The van der Waals surface area contributed by atoms with Crippen LogP contribution in [0.25, 0.3) is 0 Å². The smallest absolute Gasteiger partial charge is 0.271 e. The van der Waals surface area contributed by atoms with Crippen LogP contribution in [0.4, 0.5) is 0 Å². The van der Waals surface area contributed by atoms with Crippen molar-refractivity contribution in [3.8, 4) is 11.5 Å². The van der Waals surface area contributed by atoms with Gasteiger partial charge in [-0.05, 0) is 50.1 Å². The van der Waals surface area contributed by atoms with Gasteiger partial charge in [0, 0.05) is 31.1 Å². The molecule has 0 fully saturated rings. The fraction of sp³-hybridized carbons (Fsp3) is 0.304. The number of rotatable bonds is 5. The highest BCUT2D eigenvalue weighted by molar-refractivity contribution is 5.92. The van der Waals surface area contributed by atoms with Crippen molar-refractivity contribution < 1.29 is 9.53 Å². The van der Waals surface area contributed by atoms with Crippen LogP contribution in [0.1, 0.15) is 48.1 Å². The molecule has 1 amide bonds. The van der Waals surface area contributed by atoms with E-state index in [1.165, 1.54) is 5.56 Å². The number of hydrogen-bond donors (Lipinski definition) is 1. The molecule has 0 saturated heterocycles. The average molecular weight is 375 g/mol. The number of fused-ring (bicyclic) bond motifs is 1. The number of carbonyl (C=O) groups excluding carboxylic acids is 1. The quantitative estimate of drug-likeness (QED) is 0.712. The van der Waals surface area contributed by atoms with Gasteiger partial charge in [0.05, 0.1) is 0 Å². The molecule has 0 bridgehead atoms. The lowest BCUT2D eigenvalue weighted by molar-refractivity contribution is 0.0938. The van der Waals surface area contributed by atoms with Crippen molar-refractivity contribution in [3.63, 3.8) is 0 Å². The Morgan fingerprint density at radius 1 is 1.11 bits per heavy atom. The van der Waals surface area contributed by atoms with Crippen molar-refractivity contribution in [1.29, 1.82) is 0 Å². The summed E-state index contributed by atoms with van der Waals surface area (Å²) in [5.41, 5.74) is 1.80. The lowest BCUT2D eigenvalue weighted by Gasteiger charge is -2.24. The second kappa shape index (κ2) is 7.89. The minimum Gasteiger partial charge on any atom is -0.457 e. The molecule has 1 N–H and O–H groups in total. The molecule has 4 rings (SSSR count). The highest BCUT2D eigenvalue weighted by atomic mass is 16.5. The molecule has 0 saturated carbocycles. The molecule has 144 valence electrons. The first kappa shape index (κ1) is 18.3. The van der Waals surface area contributed by atoms with Crippen LogP contribution in [-0.4, -0.2) is 21.5 Å². The molecule has 3 aromatic rings. The third-order valence-electron chi connectivity index (χ3n) is 4.98. The maximum absolute atomic E-state index is 12.2. The standard InChI is InChI=1S/C23H25N3O2/c1-16(2)24-23(27)21-15-26-14-18(10-13-22(26)25-21)17-8-11-20(12-9-17)28-19-6-4-3-5-7-19/h3-9,11-12,15-16,18H,10,13-14H2,1-2H3,(H,24,27)/t18-/m0/s1. The number of nitrogens with one attached hydrogen (secondary N) is 1. The summed E-state index contributed by atoms with van der Waals surface area (Å²) in [6, 6.07) is 18.2. The van der Waals surface area contributed by atoms with Gasteiger partial charge in [-0.2, -0.15) is 0 Å². The SMILES string of the molecule is CC(C)NC(=O)c1cn2c(n1)CC[C@H](c1ccc(Oc3ccccc3)cc1)C2. The van der Waals surface area contributed by atoms with E-state index < -0.39 is 0 Å². The van der Waals surface area contributed by atoms with E-state index in [1.807, 2.05) is 62.5 Å². The molecule has 0 aliphatic carbocycles. The van der Waals surface area contributed by atoms with Gasteiger partial charge in [0.25, 0.3) is 5.91 Å². The molecule has 28 heavy (non-hydrogen) atoms. The van der Waals surface area contributed by atoms with Gasteiger partial charge in [0.1, 0.15) is 23.0 Å². The Labute approximate surface area is 165 Å². The maximum Gasteiger partial charge on any atom is 0.271 e. The summed E-state index contributed by atoms with van der Waals surface area (Å²) in [5, 5.41) is 2.91. The third kappa shape index (κ3) is 4.09. The van der Waals surface area contributed by atoms with Gasteiger partial charge in [-0.15, -0.1) is 0 Å². The van der Waals surface area contributed by atoms with Crippen LogP contribution in [0.3, 0.4) is 0 Å². The van der Waals surface area contributed by atoms with Crippen LogP contribution in [0.2, 0.25) is 0 Å². The van der Waals surface area contributed by atoms with Crippen molar-refractivity contribution in [2.45, 2.75) is 45.2 Å². The van der Waals surface area contributed by atoms with Crippen LogP contribution in [0.5, 0.6) is 11.5 Å². The number of benzene rings is 2. The van der Waals surface area contributed by atoms with Crippen LogP contribution >= 0.6 is 0 Å². The van der Waals surface area contributed by atoms with Gasteiger partial charge in [0.15, 0.2) is 0 Å². The molecule has 1 aliphatic rings. The number of aromatic nitrogens is 2. The molecule has 5 nitrogen and oxygen atoms in total. The number of imidazole rings is 1. The maximum atomic E-state index is 12.2. The number of para-hydroxylation sites is 1. The zero-order valence-electron chi connectivity index (χ0n) is 16.3. The summed E-state index contributed by atoms with van der Waals surface area (Å²) in [4.78, 5) is 16.7. The fourth-order valence-corrected chi connectivity index (χ4v) is 3.59. The number of ether oxygens (including phenoxy) is 1. The molecule has 0 radical (unpaired) electrons. The fourth-order valence-electron chi connectivity index (χ4n) is 3.59. The minimum atomic E-state index is -0.101. The van der Waals surface area contributed by atoms with E-state index in [-0.39, 0.29) is 11.9 Å². The first-order valence-electron chi connectivity index (χ1n) is 9.78. The van der Waals surface area contributed by atoms with E-state index in [9.17, 15) is 4.79 Å². The van der Waals surface area contributed by atoms with Crippen LogP contribution in [0, 0.1) is 0 Å². The molecule has 2 aromatic carbocycles. The third-order valence-corrected chi connectivity index (χ3v) is 4.98. The molecular formula is C23H25N3O2. The number of hydrogen-bond acceptors (Lipinski definition) is 3. The largest absolute Gasteiger partial charge is 0.457 e. The minimum absolute atomic E-state index is 0.101. The number of nitrogens with zero attached hydrogens (tertiary/aromatic N) is 2. The number of amides is 1. The summed E-state index contributed by atoms with van der Waals surface area (Å²) in [6.45, 7) is 4.75. The Kier molecular flexibility index (Phi) is 5.15. The van der Waals surface area contributed by atoms with E-state index in [4.69, 9.17) is 4.74 Å². The first-order chi connectivity index (χ1) is 13.6. The lowest BCUT2D eigenvalue weighted by atomic mass is 9.91. The van der Waals surface area contributed by atoms with Crippen molar-refractivity contribution in [3.05, 3.63) is 77.9 Å². The summed E-state index contributed by atoms with van der Waals surface area (Å²) in [6.07, 6.45) is 3.79. The number of carbonyl (C=O) groups is 1. The topological polar surface area (TPSA) is 56.2 Å². The van der Waals surface area contributed by atoms with Gasteiger partial charge < -0.3 is 14.6 Å². The van der Waals surface area contributed by atoms with Crippen LogP contribution in [-0.2, 0) is 13.0 Å². The van der Waals surface area contributed by atoms with E-state index >= 15 is 0 Å². The van der Waals surface area contributed by atoms with Crippen LogP contribution < -0.4 is 10.1 Å². The van der Waals surface area contributed by atoms with E-state index in [2.05, 4.69) is 27.0 Å². The van der Waals surface area contributed by atoms with Crippen LogP contribution in [0.15, 0.2) is 60.8 Å². The average Bonchev–Trinajstić information content (AvgIpc) is 3.12. The molecule has 2 heterocycles. The second-order valence-corrected chi connectivity index (χ2v) is 7.54. The second-order valence-electron chi connectivity index (χ2n) is 7.54. The lowest BCUT2D eigenvalue weighted by Crippen LogP contribution is -2.30. The van der Waals surface area contributed by atoms with Gasteiger partial charge in [-0.3, -0.25) is 4.79 Å². The van der Waals surface area contributed by atoms with Crippen molar-refractivity contribution in [1.82, 2.24) is 14.9 Å². The Balaban J connectivity index is 1.44. The summed E-state index contributed by atoms with van der Waals surface area (Å²) >= 11 is 0. The number of aryl methyl sites for hydroxylation is 1. The highest BCUT2D eigenvalue weighted by Gasteiger charge is 2.23. The van der Waals surface area contributed by atoms with E-state index in [0.29, 0.717) is 11.6 Å². The summed E-state index contributed by atoms with van der Waals surface area (Å²) < 4.78 is 8.00. The van der Waals surface area contributed by atoms with E-state index in [1.54, 1.807) is 0 Å². The molecule has 1 aromatic heterocycles. The summed E-state index contributed by atoms with van der Waals surface area (Å²) in [7, 11) is 0. The van der Waals surface area contributed by atoms with Gasteiger partial charge in [-0.25, -0.2) is 4.98 Å². The monoisotopic (exact) mass is 375 g/mol. The Bertz CT molecular complexity index is 946. The highest BCUT2D eigenvalue weighted by Crippen LogP contribution is 2.31.